The van der Waals surface area contributed by atoms with Crippen molar-refractivity contribution in [3.8, 4) is 11.5 Å². The fraction of sp³-hybridized carbons (Fsp3) is 0.371. The lowest BCUT2D eigenvalue weighted by atomic mass is 9.91. The highest BCUT2D eigenvalue weighted by atomic mass is 16.5. The zero-order chi connectivity index (χ0) is 28.3. The van der Waals surface area contributed by atoms with Gasteiger partial charge in [-0.15, -0.1) is 0 Å². The summed E-state index contributed by atoms with van der Waals surface area (Å²) in [5, 5.41) is 15.0. The minimum absolute atomic E-state index is 0.0135. The zero-order valence-electron chi connectivity index (χ0n) is 23.5. The first-order valence-electron chi connectivity index (χ1n) is 14.8. The van der Waals surface area contributed by atoms with Gasteiger partial charge in [0, 0.05) is 23.1 Å². The Bertz CT molecular complexity index is 1420. The van der Waals surface area contributed by atoms with Crippen LogP contribution in [-0.2, 0) is 16.0 Å². The van der Waals surface area contributed by atoms with Crippen LogP contribution in [0.2, 0.25) is 0 Å². The molecule has 0 saturated heterocycles. The molecule has 2 N–H and O–H groups in total. The van der Waals surface area contributed by atoms with Crippen molar-refractivity contribution in [2.24, 2.45) is 17.8 Å². The molecule has 6 rings (SSSR count). The van der Waals surface area contributed by atoms with E-state index >= 15 is 0 Å². The first-order valence-corrected chi connectivity index (χ1v) is 14.8. The van der Waals surface area contributed by atoms with Gasteiger partial charge in [0.05, 0.1) is 17.8 Å². The third-order valence-corrected chi connectivity index (χ3v) is 9.20. The Morgan fingerprint density at radius 2 is 1.78 bits per heavy atom. The third-order valence-electron chi connectivity index (χ3n) is 9.20. The van der Waals surface area contributed by atoms with Gasteiger partial charge in [0.15, 0.2) is 0 Å². The fourth-order valence-electron chi connectivity index (χ4n) is 6.98. The summed E-state index contributed by atoms with van der Waals surface area (Å²) >= 11 is 0. The van der Waals surface area contributed by atoms with Crippen LogP contribution in [0, 0.1) is 17.8 Å². The van der Waals surface area contributed by atoms with Gasteiger partial charge in [-0.1, -0.05) is 74.0 Å². The molecule has 0 radical (unpaired) electrons. The highest BCUT2D eigenvalue weighted by molar-refractivity contribution is 5.89. The van der Waals surface area contributed by atoms with Gasteiger partial charge >= 0.3 is 0 Å². The number of para-hydroxylation sites is 1. The second kappa shape index (κ2) is 11.9. The Hall–Kier alpha value is -3.90. The van der Waals surface area contributed by atoms with Crippen molar-refractivity contribution in [1.29, 1.82) is 0 Å². The number of anilines is 1. The average Bonchev–Trinajstić information content (AvgIpc) is 3.55. The van der Waals surface area contributed by atoms with Crippen LogP contribution in [-0.4, -0.2) is 35.6 Å². The minimum atomic E-state index is -0.926. The number of nitrogens with one attached hydrogen (secondary N) is 1. The number of ether oxygens (including phenoxy) is 1. The first kappa shape index (κ1) is 27.3. The lowest BCUT2D eigenvalue weighted by molar-refractivity contribution is -0.126. The molecular formula is C35H38N2O4. The molecule has 6 nitrogen and oxygen atoms in total. The second-order valence-corrected chi connectivity index (χ2v) is 11.9. The van der Waals surface area contributed by atoms with Crippen molar-refractivity contribution in [2.75, 3.05) is 4.90 Å². The highest BCUT2D eigenvalue weighted by Gasteiger charge is 2.41. The summed E-state index contributed by atoms with van der Waals surface area (Å²) in [6, 6.07) is 23.0. The quantitative estimate of drug-likeness (QED) is 0.230. The van der Waals surface area contributed by atoms with Crippen LogP contribution in [0.5, 0.6) is 11.5 Å². The predicted molar refractivity (Wildman–Crippen MR) is 162 cm³/mol. The van der Waals surface area contributed by atoms with Gasteiger partial charge in [0.25, 0.3) is 0 Å². The Kier molecular flexibility index (Phi) is 7.93. The van der Waals surface area contributed by atoms with Gasteiger partial charge in [-0.3, -0.25) is 9.59 Å². The smallest absolute Gasteiger partial charge is 0.223 e. The molecule has 0 aromatic heterocycles. The Morgan fingerprint density at radius 3 is 2.54 bits per heavy atom. The first-order chi connectivity index (χ1) is 20.0. The van der Waals surface area contributed by atoms with E-state index in [0.717, 1.165) is 41.2 Å². The van der Waals surface area contributed by atoms with E-state index < -0.39 is 12.1 Å². The molecule has 41 heavy (non-hydrogen) atoms. The van der Waals surface area contributed by atoms with Gasteiger partial charge in [0.1, 0.15) is 11.5 Å². The number of aliphatic hydroxyl groups is 1. The van der Waals surface area contributed by atoms with Gasteiger partial charge in [-0.2, -0.15) is 0 Å². The van der Waals surface area contributed by atoms with Crippen molar-refractivity contribution >= 4 is 30.2 Å². The summed E-state index contributed by atoms with van der Waals surface area (Å²) in [6.45, 7) is 1.87. The maximum atomic E-state index is 13.2. The predicted octanol–water partition coefficient (Wildman–Crippen LogP) is 6.23. The molecule has 3 aliphatic rings. The summed E-state index contributed by atoms with van der Waals surface area (Å²) in [6.07, 6.45) is 9.27. The Morgan fingerprint density at radius 1 is 1.00 bits per heavy atom. The van der Waals surface area contributed by atoms with Crippen LogP contribution in [0.1, 0.15) is 55.7 Å². The lowest BCUT2D eigenvalue weighted by Crippen LogP contribution is -2.47. The molecule has 2 aliphatic carbocycles. The molecule has 0 spiro atoms. The minimum Gasteiger partial charge on any atom is -0.456 e. The molecule has 1 heterocycles. The molecule has 2 saturated carbocycles. The van der Waals surface area contributed by atoms with E-state index in [1.165, 1.54) is 19.3 Å². The molecule has 3 aromatic carbocycles. The number of hydrogen-bond acceptors (Lipinski definition) is 4. The number of amides is 2. The van der Waals surface area contributed by atoms with Crippen molar-refractivity contribution in [2.45, 2.75) is 63.6 Å². The lowest BCUT2D eigenvalue weighted by Gasteiger charge is -2.34. The number of hydrogen-bond donors (Lipinski definition) is 2. The van der Waals surface area contributed by atoms with E-state index in [-0.39, 0.29) is 24.3 Å². The van der Waals surface area contributed by atoms with Crippen molar-refractivity contribution in [3.63, 3.8) is 0 Å². The molecular weight excluding hydrogens is 512 g/mol. The number of aliphatic hydroxyl groups excluding tert-OH is 1. The van der Waals surface area contributed by atoms with E-state index in [2.05, 4.69) is 5.32 Å². The Labute approximate surface area is 242 Å². The number of benzene rings is 3. The molecule has 6 atom stereocenters. The standard InChI is InChI=1S/C35H38N2O4/c1-23(35(40)36-29-20-25-14-15-27(29)19-25)18-32(39)31(21-24-8-3-2-4-9-24)37(22-38)30-11-7-13-34-28(30)17-16-26-10-5-6-12-33(26)41-34/h2-13,16-17,22-23,25,27,29,31-32,39H,14-15,18-21H2,1H3,(H,36,40)/t23-,25+,27+,29+,31+,32+/m1/s1. The van der Waals surface area contributed by atoms with Crippen LogP contribution in [0.15, 0.2) is 72.8 Å². The fourth-order valence-corrected chi connectivity index (χ4v) is 6.98. The van der Waals surface area contributed by atoms with Crippen molar-refractivity contribution in [3.05, 3.63) is 89.5 Å². The van der Waals surface area contributed by atoms with Crippen LogP contribution in [0.3, 0.4) is 0 Å². The van der Waals surface area contributed by atoms with E-state index in [9.17, 15) is 14.7 Å². The van der Waals surface area contributed by atoms with E-state index in [4.69, 9.17) is 4.74 Å². The number of carbonyl (C=O) groups excluding carboxylic acids is 2. The number of carbonyl (C=O) groups is 2. The van der Waals surface area contributed by atoms with Crippen LogP contribution in [0.4, 0.5) is 5.69 Å². The third kappa shape index (κ3) is 5.80. The second-order valence-electron chi connectivity index (χ2n) is 11.9. The Balaban J connectivity index is 1.26. The van der Waals surface area contributed by atoms with E-state index in [1.54, 1.807) is 4.90 Å². The highest BCUT2D eigenvalue weighted by Crippen LogP contribution is 2.44. The molecule has 2 fully saturated rings. The molecule has 6 heteroatoms. The van der Waals surface area contributed by atoms with Gasteiger partial charge in [-0.25, -0.2) is 0 Å². The van der Waals surface area contributed by atoms with Crippen LogP contribution >= 0.6 is 0 Å². The maximum absolute atomic E-state index is 13.2. The zero-order valence-corrected chi connectivity index (χ0v) is 23.5. The monoisotopic (exact) mass is 550 g/mol. The van der Waals surface area contributed by atoms with E-state index in [1.807, 2.05) is 91.9 Å². The van der Waals surface area contributed by atoms with Crippen molar-refractivity contribution in [1.82, 2.24) is 5.32 Å². The van der Waals surface area contributed by atoms with Gasteiger partial charge in [-0.05, 0) is 73.8 Å². The van der Waals surface area contributed by atoms with Crippen LogP contribution < -0.4 is 15.0 Å². The molecule has 2 amide bonds. The van der Waals surface area contributed by atoms with Crippen LogP contribution in [0.25, 0.3) is 12.2 Å². The molecule has 212 valence electrons. The summed E-state index contributed by atoms with van der Waals surface area (Å²) < 4.78 is 6.26. The summed E-state index contributed by atoms with van der Waals surface area (Å²) in [4.78, 5) is 27.6. The molecule has 3 aromatic rings. The largest absolute Gasteiger partial charge is 0.456 e. The molecule has 2 bridgehead atoms. The summed E-state index contributed by atoms with van der Waals surface area (Å²) in [5.41, 5.74) is 3.37. The number of nitrogens with zero attached hydrogens (tertiary/aromatic N) is 1. The maximum Gasteiger partial charge on any atom is 0.223 e. The number of rotatable bonds is 10. The molecule has 1 aliphatic heterocycles. The number of fused-ring (bicyclic) bond motifs is 4. The normalized spacial score (nSPS) is 22.4. The SMILES string of the molecule is C[C@H](C[C@H](O)[C@H](Cc1ccccc1)N(C=O)c1cccc2c1C=Cc1ccccc1O2)C(=O)N[C@H]1C[C@H]2CC[C@H]1C2. The van der Waals surface area contributed by atoms with Gasteiger partial charge in [0.2, 0.25) is 12.3 Å². The van der Waals surface area contributed by atoms with E-state index in [0.29, 0.717) is 23.8 Å². The topological polar surface area (TPSA) is 78.9 Å². The summed E-state index contributed by atoms with van der Waals surface area (Å²) in [7, 11) is 0. The molecule has 0 unspecified atom stereocenters. The summed E-state index contributed by atoms with van der Waals surface area (Å²) in [5.74, 6) is 2.32. The van der Waals surface area contributed by atoms with Gasteiger partial charge < -0.3 is 20.1 Å². The van der Waals surface area contributed by atoms with Crippen molar-refractivity contribution < 1.29 is 19.4 Å². The average molecular weight is 551 g/mol.